The minimum absolute atomic E-state index is 0.720. The standard InChI is InChI=1S/C7H7Cl.C7H15NOS.C2H6/c1-6-4-2-3-5-7(6)8;1-10-6-7-4-8-2-3-9-5-7;1-2/h2-5H,1H3;7-8H,2-6H2,1H3;1-2H3. The third-order valence-electron chi connectivity index (χ3n) is 2.69. The molecule has 0 saturated carbocycles. The summed E-state index contributed by atoms with van der Waals surface area (Å²) in [6, 6.07) is 7.77. The molecule has 116 valence electrons. The molecular weight excluding hydrogens is 290 g/mol. The molecule has 0 bridgehead atoms. The van der Waals surface area contributed by atoms with Crippen LogP contribution in [0.3, 0.4) is 0 Å². The molecule has 2 rings (SSSR count). The van der Waals surface area contributed by atoms with Gasteiger partial charge >= 0.3 is 0 Å². The Kier molecular flexibility index (Phi) is 13.6. The number of thioether (sulfide) groups is 1. The molecule has 1 saturated heterocycles. The first-order valence-corrected chi connectivity index (χ1v) is 8.99. The summed E-state index contributed by atoms with van der Waals surface area (Å²) in [5.41, 5.74) is 1.13. The number of hydrogen-bond donors (Lipinski definition) is 1. The fourth-order valence-corrected chi connectivity index (χ4v) is 2.47. The molecule has 4 heteroatoms. The lowest BCUT2D eigenvalue weighted by Crippen LogP contribution is -2.24. The maximum atomic E-state index is 5.71. The Morgan fingerprint density at radius 1 is 1.35 bits per heavy atom. The predicted molar refractivity (Wildman–Crippen MR) is 93.1 cm³/mol. The largest absolute Gasteiger partial charge is 0.380 e. The van der Waals surface area contributed by atoms with Crippen LogP contribution in [-0.2, 0) is 4.74 Å². The van der Waals surface area contributed by atoms with E-state index in [1.165, 1.54) is 5.75 Å². The zero-order valence-corrected chi connectivity index (χ0v) is 14.7. The van der Waals surface area contributed by atoms with Gasteiger partial charge in [0, 0.05) is 24.0 Å². The third-order valence-corrected chi connectivity index (χ3v) is 3.92. The van der Waals surface area contributed by atoms with E-state index in [-0.39, 0.29) is 0 Å². The highest BCUT2D eigenvalue weighted by Crippen LogP contribution is 2.11. The molecule has 1 aromatic carbocycles. The monoisotopic (exact) mass is 317 g/mol. The van der Waals surface area contributed by atoms with Crippen molar-refractivity contribution in [1.29, 1.82) is 0 Å². The van der Waals surface area contributed by atoms with Crippen molar-refractivity contribution in [2.45, 2.75) is 20.8 Å². The van der Waals surface area contributed by atoms with Gasteiger partial charge in [-0.1, -0.05) is 43.6 Å². The lowest BCUT2D eigenvalue weighted by Gasteiger charge is -2.10. The zero-order chi connectivity index (χ0) is 15.2. The summed E-state index contributed by atoms with van der Waals surface area (Å²) in [5, 5.41) is 4.18. The van der Waals surface area contributed by atoms with Crippen molar-refractivity contribution in [3.8, 4) is 0 Å². The first-order valence-electron chi connectivity index (χ1n) is 7.22. The minimum Gasteiger partial charge on any atom is -0.380 e. The minimum atomic E-state index is 0.720. The van der Waals surface area contributed by atoms with Gasteiger partial charge in [-0.25, -0.2) is 0 Å². The summed E-state index contributed by atoms with van der Waals surface area (Å²) in [6.07, 6.45) is 2.14. The summed E-state index contributed by atoms with van der Waals surface area (Å²) in [5.74, 6) is 1.94. The van der Waals surface area contributed by atoms with Crippen molar-refractivity contribution in [2.75, 3.05) is 38.3 Å². The summed E-state index contributed by atoms with van der Waals surface area (Å²) < 4.78 is 5.38. The van der Waals surface area contributed by atoms with E-state index >= 15 is 0 Å². The molecule has 0 aromatic heterocycles. The van der Waals surface area contributed by atoms with E-state index in [2.05, 4.69) is 11.6 Å². The molecule has 1 fully saturated rings. The molecule has 2 nitrogen and oxygen atoms in total. The SMILES string of the molecule is CC.CSCC1CNCCOC1.Cc1ccccc1Cl. The van der Waals surface area contributed by atoms with Gasteiger partial charge in [-0.05, 0) is 30.6 Å². The number of aryl methyl sites for hydroxylation is 1. The molecule has 0 aliphatic carbocycles. The van der Waals surface area contributed by atoms with Crippen LogP contribution in [-0.4, -0.2) is 38.3 Å². The quantitative estimate of drug-likeness (QED) is 0.880. The van der Waals surface area contributed by atoms with Gasteiger partial charge in [0.2, 0.25) is 0 Å². The van der Waals surface area contributed by atoms with Crippen molar-refractivity contribution < 1.29 is 4.74 Å². The number of rotatable bonds is 2. The van der Waals surface area contributed by atoms with Gasteiger partial charge in [-0.15, -0.1) is 0 Å². The Balaban J connectivity index is 0.000000327. The summed E-state index contributed by atoms with van der Waals surface area (Å²) in [4.78, 5) is 0. The first-order chi connectivity index (χ1) is 9.74. The molecule has 1 aliphatic heterocycles. The van der Waals surface area contributed by atoms with E-state index in [0.717, 1.165) is 42.8 Å². The van der Waals surface area contributed by atoms with Crippen LogP contribution in [0.15, 0.2) is 24.3 Å². The van der Waals surface area contributed by atoms with E-state index in [1.54, 1.807) is 0 Å². The number of halogens is 1. The van der Waals surface area contributed by atoms with Crippen LogP contribution in [0.1, 0.15) is 19.4 Å². The van der Waals surface area contributed by atoms with Crippen LogP contribution in [0.4, 0.5) is 0 Å². The lowest BCUT2D eigenvalue weighted by molar-refractivity contribution is 0.130. The molecular formula is C16H28ClNOS. The van der Waals surface area contributed by atoms with Crippen LogP contribution in [0.5, 0.6) is 0 Å². The summed E-state index contributed by atoms with van der Waals surface area (Å²) >= 11 is 7.61. The summed E-state index contributed by atoms with van der Waals surface area (Å²) in [7, 11) is 0. The predicted octanol–water partition coefficient (Wildman–Crippen LogP) is 4.26. The second kappa shape index (κ2) is 13.7. The van der Waals surface area contributed by atoms with Crippen molar-refractivity contribution >= 4 is 23.4 Å². The second-order valence-corrected chi connectivity index (χ2v) is 5.67. The van der Waals surface area contributed by atoms with Crippen LogP contribution >= 0.6 is 23.4 Å². The van der Waals surface area contributed by atoms with Crippen molar-refractivity contribution in [3.63, 3.8) is 0 Å². The van der Waals surface area contributed by atoms with E-state index in [1.807, 2.05) is 56.8 Å². The van der Waals surface area contributed by atoms with Crippen molar-refractivity contribution in [1.82, 2.24) is 5.32 Å². The number of nitrogens with one attached hydrogen (secondary N) is 1. The fourth-order valence-electron chi connectivity index (χ4n) is 1.65. The highest BCUT2D eigenvalue weighted by atomic mass is 35.5. The first kappa shape index (κ1) is 19.8. The number of ether oxygens (including phenoxy) is 1. The Labute approximate surface area is 133 Å². The normalized spacial score (nSPS) is 17.9. The molecule has 1 aromatic rings. The van der Waals surface area contributed by atoms with E-state index in [9.17, 15) is 0 Å². The van der Waals surface area contributed by atoms with Crippen LogP contribution in [0.2, 0.25) is 5.02 Å². The molecule has 1 N–H and O–H groups in total. The van der Waals surface area contributed by atoms with Crippen LogP contribution in [0, 0.1) is 12.8 Å². The topological polar surface area (TPSA) is 21.3 Å². The fraction of sp³-hybridized carbons (Fsp3) is 0.625. The van der Waals surface area contributed by atoms with Gasteiger partial charge in [0.05, 0.1) is 13.2 Å². The number of benzene rings is 1. The van der Waals surface area contributed by atoms with Gasteiger partial charge in [-0.2, -0.15) is 11.8 Å². The van der Waals surface area contributed by atoms with E-state index < -0.39 is 0 Å². The Morgan fingerprint density at radius 2 is 2.05 bits per heavy atom. The maximum absolute atomic E-state index is 5.71. The van der Waals surface area contributed by atoms with Crippen molar-refractivity contribution in [2.24, 2.45) is 5.92 Å². The molecule has 20 heavy (non-hydrogen) atoms. The third kappa shape index (κ3) is 9.65. The molecule has 1 unspecified atom stereocenters. The second-order valence-electron chi connectivity index (χ2n) is 4.35. The van der Waals surface area contributed by atoms with Gasteiger partial charge < -0.3 is 10.1 Å². The Hall–Kier alpha value is -0.220. The Morgan fingerprint density at radius 3 is 2.60 bits per heavy atom. The van der Waals surface area contributed by atoms with E-state index in [4.69, 9.17) is 16.3 Å². The highest BCUT2D eigenvalue weighted by molar-refractivity contribution is 7.98. The molecule has 1 heterocycles. The maximum Gasteiger partial charge on any atom is 0.0591 e. The molecule has 1 atom stereocenters. The molecule has 0 amide bonds. The van der Waals surface area contributed by atoms with Gasteiger partial charge in [-0.3, -0.25) is 0 Å². The highest BCUT2D eigenvalue weighted by Gasteiger charge is 2.10. The Bertz CT molecular complexity index is 307. The molecule has 1 aliphatic rings. The lowest BCUT2D eigenvalue weighted by atomic mass is 10.2. The molecule has 0 radical (unpaired) electrons. The van der Waals surface area contributed by atoms with Crippen LogP contribution in [0.25, 0.3) is 0 Å². The average Bonchev–Trinajstić information content (AvgIpc) is 2.74. The smallest absolute Gasteiger partial charge is 0.0591 e. The van der Waals surface area contributed by atoms with Gasteiger partial charge in [0.25, 0.3) is 0 Å². The van der Waals surface area contributed by atoms with Gasteiger partial charge in [0.15, 0.2) is 0 Å². The van der Waals surface area contributed by atoms with Crippen molar-refractivity contribution in [3.05, 3.63) is 34.9 Å². The average molecular weight is 318 g/mol. The van der Waals surface area contributed by atoms with E-state index in [0.29, 0.717) is 0 Å². The van der Waals surface area contributed by atoms with Gasteiger partial charge in [0.1, 0.15) is 0 Å². The summed E-state index contributed by atoms with van der Waals surface area (Å²) in [6.45, 7) is 9.95. The zero-order valence-electron chi connectivity index (χ0n) is 13.1. The number of hydrogen-bond acceptors (Lipinski definition) is 3. The van der Waals surface area contributed by atoms with Crippen LogP contribution < -0.4 is 5.32 Å². The molecule has 0 spiro atoms.